The smallest absolute Gasteiger partial charge is 0.550 e. The molecule has 8 N–H and O–H groups in total. The Labute approximate surface area is 773 Å². The van der Waals surface area contributed by atoms with Gasteiger partial charge in [0.2, 0.25) is 0 Å². The number of fused-ring (bicyclic) bond motifs is 12. The van der Waals surface area contributed by atoms with E-state index in [2.05, 4.69) is 43.7 Å². The molecule has 6 aliphatic rings. The third kappa shape index (κ3) is 21.7. The molecule has 6 aliphatic heterocycles. The third-order valence-corrected chi connectivity index (χ3v) is 21.5. The van der Waals surface area contributed by atoms with E-state index >= 15 is 0 Å². The number of allylic oxidation sites excluding steroid dienone is 2. The van der Waals surface area contributed by atoms with Crippen molar-refractivity contribution in [3.63, 3.8) is 0 Å². The molecule has 4 unspecified atom stereocenters. The predicted octanol–water partition coefficient (Wildman–Crippen LogP) is -18.4. The summed E-state index contributed by atoms with van der Waals surface area (Å²) in [6.07, 6.45) is 15.7. The van der Waals surface area contributed by atoms with Crippen molar-refractivity contribution in [2.75, 3.05) is 6.54 Å². The maximum Gasteiger partial charge on any atom is 1.00 e. The molecular formula is C79H91N11Na6O14. The molecule has 4 aromatic heterocycles. The molecule has 0 aliphatic carbocycles. The minimum atomic E-state index is -1.64. The maximum atomic E-state index is 14.5. The Morgan fingerprint density at radius 2 is 0.900 bits per heavy atom. The molecule has 10 rings (SSSR count). The van der Waals surface area contributed by atoms with Crippen LogP contribution in [0.5, 0.6) is 0 Å². The van der Waals surface area contributed by atoms with Gasteiger partial charge in [-0.25, -0.2) is 9.98 Å². The molecule has 16 bridgehead atoms. The molecule has 0 fully saturated rings. The van der Waals surface area contributed by atoms with Crippen molar-refractivity contribution in [2.45, 2.75) is 197 Å². The summed E-state index contributed by atoms with van der Waals surface area (Å²) in [5, 5.41) is 82.2. The summed E-state index contributed by atoms with van der Waals surface area (Å²) in [7, 11) is 0. The Morgan fingerprint density at radius 3 is 1.26 bits per heavy atom. The first-order valence-electron chi connectivity index (χ1n) is 35.7. The van der Waals surface area contributed by atoms with E-state index in [1.165, 1.54) is 0 Å². The molecule has 10 heterocycles. The summed E-state index contributed by atoms with van der Waals surface area (Å²) in [4.78, 5) is 136. The zero-order valence-corrected chi connectivity index (χ0v) is 78.9. The van der Waals surface area contributed by atoms with Crippen molar-refractivity contribution in [1.82, 2.24) is 30.6 Å². The zero-order valence-electron chi connectivity index (χ0n) is 66.9. The first kappa shape index (κ1) is 99.6. The quantitative estimate of drug-likeness (QED) is 0.0227. The molecule has 0 saturated carbocycles. The number of nitrogens with zero attached hydrogens (tertiary/aromatic N) is 4. The maximum absolute atomic E-state index is 14.5. The van der Waals surface area contributed by atoms with Crippen LogP contribution in [0.25, 0.3) is 36.5 Å². The van der Waals surface area contributed by atoms with Gasteiger partial charge in [-0.3, -0.25) is 19.6 Å². The van der Waals surface area contributed by atoms with Crippen LogP contribution in [0.1, 0.15) is 186 Å². The Bertz CT molecular complexity index is 4810. The number of amides is 2. The van der Waals surface area contributed by atoms with Gasteiger partial charge < -0.3 is 95.7 Å². The number of carbonyl (C=O) groups is 8. The number of aliphatic imine (C=N–C) groups is 4. The standard InChI is InChI=1S/C40H49N5O7.C39H48N6O7.6Na/c1-8-11-12-13-26(39(49)50)45-38(48)34-22(7)30-18-32-24(10-3)20(5)28(42-32)17-31-23(9-2)19(4)27(41-31)16-29-21(6)25(14-15-33(46)47)36(43-29)35(40(51)52)37(34)44-30;1-7-22-18(3)26-15-28-20(5)24(12-13-32(46)47)35(43-28)34(37(48)45-25(38(49)50)11-9-10-14-40)36-33(39(51)52)21(6)29(44-36)17-31-23(8-2)19(4)27(42-31)16-30(22)41-26;;;;;;/h9,17-18,21,25-26,29,41-42H,2,8,10-16H2,1,3-7H3,(H,45,48)(H,46,47)(H,49,50)(H,51,52);7,16-17,20,24-25,28,41-42H,1,8-15,40H2,2-6H3,(H,45,48)(H,46,47)(H,49,50)(H,51,52);;;;;;/q;;6*+1/p-6/b28-17?,32-18?,37-35+;27-16?,31-17?,36-34+;;;;;;/t21-,25-,26?,29?;20-,24-,25?,28?;;;;;;/m00....../s1. The molecule has 4 aromatic rings. The minimum absolute atomic E-state index is 0. The molecule has 8 atom stereocenters. The molecule has 2 amide bonds. The average molecular weight is 1560 g/mol. The number of aliphatic carboxylic acids is 6. The Balaban J connectivity index is 0.000000541. The molecule has 31 heteroatoms. The van der Waals surface area contributed by atoms with E-state index in [1.807, 2.05) is 74.5 Å². The van der Waals surface area contributed by atoms with Crippen molar-refractivity contribution in [3.8, 4) is 0 Å². The molecule has 0 saturated heterocycles. The fourth-order valence-corrected chi connectivity index (χ4v) is 15.5. The van der Waals surface area contributed by atoms with E-state index in [1.54, 1.807) is 38.2 Å². The number of carbonyl (C=O) groups excluding carboxylic acids is 8. The number of aromatic amines is 4. The molecule has 25 nitrogen and oxygen atoms in total. The van der Waals surface area contributed by atoms with E-state index in [9.17, 15) is 69.0 Å². The van der Waals surface area contributed by atoms with Crippen LogP contribution in [0, 0.1) is 51.4 Å². The van der Waals surface area contributed by atoms with Crippen molar-refractivity contribution < 1.29 is 246 Å². The second-order valence-corrected chi connectivity index (χ2v) is 27.7. The Hall–Kier alpha value is -4.56. The molecular weight excluding hydrogens is 1460 g/mol. The van der Waals surface area contributed by atoms with Crippen LogP contribution in [0.3, 0.4) is 0 Å². The SMILES string of the molecule is C=Cc1c2[nH]c(c1C)CC1N=C(/C(C(=O)NC(CCCCN)C(=O)[O-])=C3\N=C(C=c4[nH]c(c(C)c4CC)=C2)C(C)=C3C(=O)[O-])[C@@H](CCC(=O)[O-])[C@@H]1C.C=Cc1c2[nH]c(c1C)CC1N=C(/C(C(=O)[O-])=C3\N=C(C=c4[nH]c(c(C)c4CC)=C2)C(C)=C3C(=O)NC(CCCCC)C(=O)[O-])[C@@H](CCC(=O)[O-])[C@@H]1C.[Na+].[Na+].[Na+].[Na+].[Na+].[Na+]. The van der Waals surface area contributed by atoms with E-state index < -0.39 is 89.2 Å². The fraction of sp³-hybridized carbons (Fsp3) is 0.443. The number of hydrogen-bond donors (Lipinski definition) is 7. The van der Waals surface area contributed by atoms with Crippen LogP contribution in [0.4, 0.5) is 0 Å². The van der Waals surface area contributed by atoms with Gasteiger partial charge >= 0.3 is 177 Å². The summed E-state index contributed by atoms with van der Waals surface area (Å²) in [6.45, 7) is 29.4. The van der Waals surface area contributed by atoms with Crippen molar-refractivity contribution in [1.29, 1.82) is 0 Å². The molecule has 0 spiro atoms. The van der Waals surface area contributed by atoms with Crippen molar-refractivity contribution in [3.05, 3.63) is 147 Å². The van der Waals surface area contributed by atoms with Crippen LogP contribution in [0.15, 0.2) is 78.0 Å². The summed E-state index contributed by atoms with van der Waals surface area (Å²) < 4.78 is 0. The van der Waals surface area contributed by atoms with E-state index in [-0.39, 0.29) is 279 Å². The van der Waals surface area contributed by atoms with Gasteiger partial charge in [-0.2, -0.15) is 0 Å². The molecule has 0 radical (unpaired) electrons. The Kier molecular flexibility index (Phi) is 39.8. The largest absolute Gasteiger partial charge is 1.00 e. The van der Waals surface area contributed by atoms with E-state index in [0.717, 1.165) is 90.8 Å². The predicted molar refractivity (Wildman–Crippen MR) is 385 cm³/mol. The first-order chi connectivity index (χ1) is 49.4. The van der Waals surface area contributed by atoms with Crippen LogP contribution in [-0.2, 0) is 64.0 Å². The van der Waals surface area contributed by atoms with Crippen LogP contribution in [-0.4, -0.2) is 121 Å². The number of H-pyrrole nitrogens is 4. The van der Waals surface area contributed by atoms with E-state index in [0.29, 0.717) is 73.5 Å². The monoisotopic (exact) mass is 1560 g/mol. The number of nitrogens with one attached hydrogen (secondary N) is 6. The second kappa shape index (κ2) is 44.0. The first-order valence-corrected chi connectivity index (χ1v) is 35.7. The van der Waals surface area contributed by atoms with Crippen molar-refractivity contribution in [2.24, 2.45) is 49.4 Å². The number of carboxylic acid groups (broad SMARTS) is 6. The number of rotatable bonds is 26. The Morgan fingerprint density at radius 1 is 0.518 bits per heavy atom. The average Bonchev–Trinajstić information content (AvgIpc) is 1.60. The second-order valence-electron chi connectivity index (χ2n) is 27.7. The number of hydrogen-bond acceptors (Lipinski definition) is 19. The van der Waals surface area contributed by atoms with Gasteiger partial charge in [0.1, 0.15) is 0 Å². The van der Waals surface area contributed by atoms with Gasteiger partial charge in [0, 0.05) is 109 Å². The molecule has 552 valence electrons. The van der Waals surface area contributed by atoms with Crippen LogP contribution in [0.2, 0.25) is 0 Å². The summed E-state index contributed by atoms with van der Waals surface area (Å²) in [6, 6.07) is -3.72. The van der Waals surface area contributed by atoms with Crippen LogP contribution >= 0.6 is 0 Å². The van der Waals surface area contributed by atoms with Gasteiger partial charge in [0.05, 0.1) is 87.7 Å². The van der Waals surface area contributed by atoms with Crippen LogP contribution < -0.4 is 246 Å². The summed E-state index contributed by atoms with van der Waals surface area (Å²) >= 11 is 0. The summed E-state index contributed by atoms with van der Waals surface area (Å²) in [5.41, 5.74) is 16.4. The number of aromatic nitrogens is 4. The van der Waals surface area contributed by atoms with E-state index in [4.69, 9.17) is 25.7 Å². The minimum Gasteiger partial charge on any atom is -0.550 e. The fourth-order valence-electron chi connectivity index (χ4n) is 15.5. The molecule has 0 aromatic carbocycles. The third-order valence-electron chi connectivity index (χ3n) is 21.5. The number of nitrogens with two attached hydrogens (primary N) is 1. The summed E-state index contributed by atoms with van der Waals surface area (Å²) in [5.74, 6) is -12.5. The topological polar surface area (TPSA) is 438 Å². The van der Waals surface area contributed by atoms with Gasteiger partial charge in [-0.1, -0.05) is 79.2 Å². The van der Waals surface area contributed by atoms with Gasteiger partial charge in [0.25, 0.3) is 11.8 Å². The molecule has 110 heavy (non-hydrogen) atoms. The van der Waals surface area contributed by atoms with Crippen molar-refractivity contribution >= 4 is 107 Å². The number of unbranched alkanes of at least 4 members (excludes halogenated alkanes) is 3. The van der Waals surface area contributed by atoms with Gasteiger partial charge in [0.15, 0.2) is 0 Å². The number of carboxylic acids is 6. The van der Waals surface area contributed by atoms with Gasteiger partial charge in [-0.05, 0) is 193 Å². The van der Waals surface area contributed by atoms with Gasteiger partial charge in [-0.15, -0.1) is 0 Å². The normalized spacial score (nSPS) is 20.4. The zero-order chi connectivity index (χ0) is 76.0.